The van der Waals surface area contributed by atoms with Crippen molar-refractivity contribution in [3.63, 3.8) is 0 Å². The molecule has 18 heavy (non-hydrogen) atoms. The molecule has 0 aliphatic carbocycles. The normalized spacial score (nSPS) is 13.4. The molecule has 0 saturated carbocycles. The van der Waals surface area contributed by atoms with E-state index in [4.69, 9.17) is 10.5 Å². The number of hydrogen-bond acceptors (Lipinski definition) is 3. The first-order chi connectivity index (χ1) is 8.29. The maximum absolute atomic E-state index is 13.4. The maximum atomic E-state index is 13.4. The summed E-state index contributed by atoms with van der Waals surface area (Å²) in [7, 11) is 0. The van der Waals surface area contributed by atoms with Crippen molar-refractivity contribution in [1.29, 1.82) is 0 Å². The number of benzene rings is 1. The summed E-state index contributed by atoms with van der Waals surface area (Å²) in [6.45, 7) is 0.596. The fraction of sp³-hybridized carbons (Fsp3) is 0.455. The van der Waals surface area contributed by atoms with Crippen LogP contribution in [0.1, 0.15) is 18.5 Å². The Morgan fingerprint density at radius 2 is 1.94 bits per heavy atom. The van der Waals surface area contributed by atoms with E-state index in [2.05, 4.69) is 4.74 Å². The summed E-state index contributed by atoms with van der Waals surface area (Å²) >= 11 is 0. The average Bonchev–Trinajstić information content (AvgIpc) is 2.24. The lowest BCUT2D eigenvalue weighted by atomic mass is 10.1. The highest BCUT2D eigenvalue weighted by Crippen LogP contribution is 2.21. The SMILES string of the molecule is CC(N)c1ccc(OCCOC(F)(F)F)c(F)c1. The molecular weight excluding hydrogens is 254 g/mol. The fourth-order valence-electron chi connectivity index (χ4n) is 1.23. The number of rotatable bonds is 5. The topological polar surface area (TPSA) is 44.5 Å². The molecule has 0 aromatic heterocycles. The monoisotopic (exact) mass is 267 g/mol. The first-order valence-corrected chi connectivity index (χ1v) is 5.18. The Hall–Kier alpha value is -1.34. The average molecular weight is 267 g/mol. The van der Waals surface area contributed by atoms with E-state index in [9.17, 15) is 17.6 Å². The van der Waals surface area contributed by atoms with E-state index in [1.165, 1.54) is 12.1 Å². The van der Waals surface area contributed by atoms with Crippen molar-refractivity contribution in [3.05, 3.63) is 29.6 Å². The second kappa shape index (κ2) is 6.01. The minimum Gasteiger partial charge on any atom is -0.488 e. The minimum absolute atomic E-state index is 0.134. The van der Waals surface area contributed by atoms with Crippen molar-refractivity contribution >= 4 is 0 Å². The van der Waals surface area contributed by atoms with Gasteiger partial charge in [-0.15, -0.1) is 13.2 Å². The summed E-state index contributed by atoms with van der Waals surface area (Å²) in [6, 6.07) is 3.72. The van der Waals surface area contributed by atoms with E-state index < -0.39 is 25.4 Å². The third-order valence-electron chi connectivity index (χ3n) is 2.09. The summed E-state index contributed by atoms with van der Waals surface area (Å²) < 4.78 is 56.6. The molecule has 0 bridgehead atoms. The van der Waals surface area contributed by atoms with Crippen molar-refractivity contribution in [3.8, 4) is 5.75 Å². The molecule has 0 amide bonds. The van der Waals surface area contributed by atoms with E-state index in [0.29, 0.717) is 5.56 Å². The van der Waals surface area contributed by atoms with Crippen LogP contribution in [0.25, 0.3) is 0 Å². The van der Waals surface area contributed by atoms with Gasteiger partial charge in [-0.3, -0.25) is 4.74 Å². The molecule has 1 unspecified atom stereocenters. The summed E-state index contributed by atoms with van der Waals surface area (Å²) in [5, 5.41) is 0. The van der Waals surface area contributed by atoms with Gasteiger partial charge in [0, 0.05) is 6.04 Å². The minimum atomic E-state index is -4.71. The van der Waals surface area contributed by atoms with E-state index in [1.807, 2.05) is 0 Å². The van der Waals surface area contributed by atoms with Crippen molar-refractivity contribution in [2.45, 2.75) is 19.3 Å². The van der Waals surface area contributed by atoms with E-state index >= 15 is 0 Å². The van der Waals surface area contributed by atoms with Gasteiger partial charge >= 0.3 is 6.36 Å². The summed E-state index contributed by atoms with van der Waals surface area (Å²) in [4.78, 5) is 0. The molecule has 2 N–H and O–H groups in total. The highest BCUT2D eigenvalue weighted by atomic mass is 19.4. The zero-order chi connectivity index (χ0) is 13.8. The van der Waals surface area contributed by atoms with Gasteiger partial charge < -0.3 is 10.5 Å². The van der Waals surface area contributed by atoms with Crippen LogP contribution in [-0.2, 0) is 4.74 Å². The number of hydrogen-bond donors (Lipinski definition) is 1. The summed E-state index contributed by atoms with van der Waals surface area (Å²) in [5.41, 5.74) is 6.13. The van der Waals surface area contributed by atoms with Crippen LogP contribution in [0.2, 0.25) is 0 Å². The number of ether oxygens (including phenoxy) is 2. The first-order valence-electron chi connectivity index (χ1n) is 5.18. The van der Waals surface area contributed by atoms with Gasteiger partial charge in [0.1, 0.15) is 6.61 Å². The molecule has 0 radical (unpaired) electrons. The lowest BCUT2D eigenvalue weighted by Gasteiger charge is -2.11. The van der Waals surface area contributed by atoms with Crippen LogP contribution in [0.3, 0.4) is 0 Å². The van der Waals surface area contributed by atoms with Crippen molar-refractivity contribution in [2.24, 2.45) is 5.73 Å². The summed E-state index contributed by atoms with van der Waals surface area (Å²) in [5.74, 6) is -0.804. The molecule has 0 heterocycles. The quantitative estimate of drug-likeness (QED) is 0.659. The number of alkyl halides is 3. The lowest BCUT2D eigenvalue weighted by molar-refractivity contribution is -0.325. The standard InChI is InChI=1S/C11H13F4NO2/c1-7(16)8-2-3-10(9(12)6-8)17-4-5-18-11(13,14)15/h2-3,6-7H,4-5,16H2,1H3. The molecule has 0 aliphatic heterocycles. The lowest BCUT2D eigenvalue weighted by Crippen LogP contribution is -2.18. The summed E-state index contributed by atoms with van der Waals surface area (Å²) in [6.07, 6.45) is -4.71. The second-order valence-electron chi connectivity index (χ2n) is 3.62. The van der Waals surface area contributed by atoms with Crippen molar-refractivity contribution in [2.75, 3.05) is 13.2 Å². The van der Waals surface area contributed by atoms with Gasteiger partial charge in [0.15, 0.2) is 11.6 Å². The maximum Gasteiger partial charge on any atom is 0.522 e. The van der Waals surface area contributed by atoms with Gasteiger partial charge in [-0.25, -0.2) is 4.39 Å². The first kappa shape index (κ1) is 14.7. The van der Waals surface area contributed by atoms with Gasteiger partial charge in [0.05, 0.1) is 6.61 Å². The fourth-order valence-corrected chi connectivity index (χ4v) is 1.23. The molecule has 1 atom stereocenters. The molecule has 7 heteroatoms. The molecule has 1 rings (SSSR count). The van der Waals surface area contributed by atoms with E-state index in [0.717, 1.165) is 0 Å². The Balaban J connectivity index is 2.48. The van der Waals surface area contributed by atoms with Crippen LogP contribution in [0, 0.1) is 5.82 Å². The zero-order valence-electron chi connectivity index (χ0n) is 9.63. The Bertz CT molecular complexity index is 393. The van der Waals surface area contributed by atoms with Crippen LogP contribution in [0.4, 0.5) is 17.6 Å². The number of halogens is 4. The Kier molecular flexibility index (Phi) is 4.92. The van der Waals surface area contributed by atoms with Crippen molar-refractivity contribution < 1.29 is 27.0 Å². The van der Waals surface area contributed by atoms with Gasteiger partial charge in [-0.05, 0) is 24.6 Å². The van der Waals surface area contributed by atoms with Gasteiger partial charge in [0.25, 0.3) is 0 Å². The molecular formula is C11H13F4NO2. The zero-order valence-corrected chi connectivity index (χ0v) is 9.63. The molecule has 0 spiro atoms. The molecule has 3 nitrogen and oxygen atoms in total. The Morgan fingerprint density at radius 3 is 2.44 bits per heavy atom. The van der Waals surface area contributed by atoms with Gasteiger partial charge in [-0.2, -0.15) is 0 Å². The second-order valence-corrected chi connectivity index (χ2v) is 3.62. The third-order valence-corrected chi connectivity index (χ3v) is 2.09. The predicted molar refractivity (Wildman–Crippen MR) is 56.5 cm³/mol. The smallest absolute Gasteiger partial charge is 0.488 e. The van der Waals surface area contributed by atoms with Crippen LogP contribution in [0.15, 0.2) is 18.2 Å². The molecule has 0 aliphatic rings. The highest BCUT2D eigenvalue weighted by molar-refractivity contribution is 5.30. The van der Waals surface area contributed by atoms with Gasteiger partial charge in [-0.1, -0.05) is 6.07 Å². The van der Waals surface area contributed by atoms with Gasteiger partial charge in [0.2, 0.25) is 0 Å². The molecule has 102 valence electrons. The number of nitrogens with two attached hydrogens (primary N) is 1. The Labute approximate surface area is 101 Å². The molecule has 1 aromatic carbocycles. The van der Waals surface area contributed by atoms with Crippen LogP contribution in [-0.4, -0.2) is 19.6 Å². The van der Waals surface area contributed by atoms with E-state index in [1.54, 1.807) is 13.0 Å². The largest absolute Gasteiger partial charge is 0.522 e. The highest BCUT2D eigenvalue weighted by Gasteiger charge is 2.28. The molecule has 0 saturated heterocycles. The van der Waals surface area contributed by atoms with Crippen LogP contribution < -0.4 is 10.5 Å². The molecule has 1 aromatic rings. The van der Waals surface area contributed by atoms with E-state index in [-0.39, 0.29) is 11.8 Å². The van der Waals surface area contributed by atoms with Crippen LogP contribution >= 0.6 is 0 Å². The third kappa shape index (κ3) is 4.89. The Morgan fingerprint density at radius 1 is 1.28 bits per heavy atom. The predicted octanol–water partition coefficient (Wildman–Crippen LogP) is 2.76. The van der Waals surface area contributed by atoms with Crippen LogP contribution in [0.5, 0.6) is 5.75 Å². The molecule has 0 fully saturated rings. The van der Waals surface area contributed by atoms with Crippen molar-refractivity contribution in [1.82, 2.24) is 0 Å².